The summed E-state index contributed by atoms with van der Waals surface area (Å²) in [4.78, 5) is 0. The summed E-state index contributed by atoms with van der Waals surface area (Å²) in [6.07, 6.45) is 2.00. The molecule has 0 bridgehead atoms. The zero-order valence-corrected chi connectivity index (χ0v) is 10.9. The maximum atomic E-state index is 12.0. The lowest BCUT2D eigenvalue weighted by Crippen LogP contribution is -2.45. The van der Waals surface area contributed by atoms with E-state index in [1.54, 1.807) is 0 Å². The number of rotatable bonds is 3. The van der Waals surface area contributed by atoms with Crippen LogP contribution in [-0.4, -0.2) is 59.9 Å². The van der Waals surface area contributed by atoms with E-state index in [-0.39, 0.29) is 11.8 Å². The van der Waals surface area contributed by atoms with Crippen LogP contribution in [0, 0.1) is 0 Å². The zero-order valence-electron chi connectivity index (χ0n) is 9.22. The highest BCUT2D eigenvalue weighted by molar-refractivity contribution is 7.89. The summed E-state index contributed by atoms with van der Waals surface area (Å²) in [6, 6.07) is 0.109. The molecule has 0 amide bonds. The van der Waals surface area contributed by atoms with E-state index in [0.717, 1.165) is 19.4 Å². The molecule has 2 aliphatic heterocycles. The third-order valence-corrected chi connectivity index (χ3v) is 6.36. The molecule has 94 valence electrons. The minimum atomic E-state index is -3.15. The second-order valence-corrected chi connectivity index (χ2v) is 8.03. The summed E-state index contributed by atoms with van der Waals surface area (Å²) in [5.74, 6) is 1.16. The molecule has 0 aliphatic carbocycles. The smallest absolute Gasteiger partial charge is 0.215 e. The fourth-order valence-electron chi connectivity index (χ4n) is 2.16. The highest BCUT2D eigenvalue weighted by atomic mass is 32.2. The van der Waals surface area contributed by atoms with Gasteiger partial charge in [0.05, 0.1) is 5.75 Å². The van der Waals surface area contributed by atoms with Crippen LogP contribution >= 0.6 is 0 Å². The molecule has 2 saturated heterocycles. The Morgan fingerprint density at radius 1 is 1.31 bits per heavy atom. The van der Waals surface area contributed by atoms with Crippen molar-refractivity contribution in [2.24, 2.45) is 0 Å². The van der Waals surface area contributed by atoms with Crippen LogP contribution in [0.3, 0.4) is 0 Å². The van der Waals surface area contributed by atoms with Gasteiger partial charge in [-0.05, 0) is 19.4 Å². The standard InChI is InChI=1S/C9H18N2O3S2/c12-15-6-4-11(5-7-15)16(13,14)8-9-2-1-3-10-9/h9-10H,1-8H2. The van der Waals surface area contributed by atoms with Crippen molar-refractivity contribution in [1.82, 2.24) is 9.62 Å². The molecule has 2 fully saturated rings. The number of sulfonamides is 1. The number of hydrogen-bond acceptors (Lipinski definition) is 4. The third-order valence-electron chi connectivity index (χ3n) is 3.10. The molecular weight excluding hydrogens is 248 g/mol. The first-order valence-corrected chi connectivity index (χ1v) is 8.74. The van der Waals surface area contributed by atoms with Crippen molar-refractivity contribution in [1.29, 1.82) is 0 Å². The van der Waals surface area contributed by atoms with Crippen molar-refractivity contribution >= 4 is 20.8 Å². The predicted octanol–water partition coefficient (Wildman–Crippen LogP) is -0.867. The normalized spacial score (nSPS) is 29.6. The van der Waals surface area contributed by atoms with Crippen LogP contribution in [0.2, 0.25) is 0 Å². The van der Waals surface area contributed by atoms with Gasteiger partial charge in [0.1, 0.15) is 0 Å². The van der Waals surface area contributed by atoms with Crippen LogP contribution < -0.4 is 5.32 Å². The molecular formula is C9H18N2O3S2. The lowest BCUT2D eigenvalue weighted by Gasteiger charge is -2.26. The third kappa shape index (κ3) is 3.03. The molecule has 1 atom stereocenters. The Balaban J connectivity index is 1.93. The second kappa shape index (κ2) is 5.12. The van der Waals surface area contributed by atoms with Crippen molar-refractivity contribution in [3.8, 4) is 0 Å². The van der Waals surface area contributed by atoms with Crippen molar-refractivity contribution in [3.05, 3.63) is 0 Å². The summed E-state index contributed by atoms with van der Waals surface area (Å²) >= 11 is 0. The topological polar surface area (TPSA) is 66.5 Å². The first-order chi connectivity index (χ1) is 7.58. The minimum absolute atomic E-state index is 0.109. The van der Waals surface area contributed by atoms with Gasteiger partial charge in [-0.25, -0.2) is 12.7 Å². The van der Waals surface area contributed by atoms with Crippen molar-refractivity contribution < 1.29 is 12.6 Å². The number of nitrogens with one attached hydrogen (secondary N) is 1. The quantitative estimate of drug-likeness (QED) is 0.721. The van der Waals surface area contributed by atoms with Crippen LogP contribution in [0.4, 0.5) is 0 Å². The maximum Gasteiger partial charge on any atom is 0.215 e. The van der Waals surface area contributed by atoms with Gasteiger partial charge in [-0.1, -0.05) is 0 Å². The first-order valence-electron chi connectivity index (χ1n) is 5.64. The molecule has 1 unspecified atom stereocenters. The summed E-state index contributed by atoms with van der Waals surface area (Å²) < 4.78 is 36.7. The van der Waals surface area contributed by atoms with Crippen molar-refractivity contribution in [3.63, 3.8) is 0 Å². The fourth-order valence-corrected chi connectivity index (χ4v) is 5.18. The van der Waals surface area contributed by atoms with Gasteiger partial charge in [-0.15, -0.1) is 0 Å². The largest absolute Gasteiger partial charge is 0.313 e. The molecule has 7 heteroatoms. The van der Waals surface area contributed by atoms with Crippen LogP contribution in [0.25, 0.3) is 0 Å². The average molecular weight is 266 g/mol. The van der Waals surface area contributed by atoms with E-state index in [1.165, 1.54) is 4.31 Å². The zero-order chi connectivity index (χ0) is 11.6. The van der Waals surface area contributed by atoms with E-state index < -0.39 is 20.8 Å². The molecule has 2 heterocycles. The lowest BCUT2D eigenvalue weighted by molar-refractivity contribution is 0.433. The van der Waals surface area contributed by atoms with Gasteiger partial charge in [-0.3, -0.25) is 4.21 Å². The minimum Gasteiger partial charge on any atom is -0.313 e. The second-order valence-electron chi connectivity index (χ2n) is 4.32. The summed E-state index contributed by atoms with van der Waals surface area (Å²) in [5, 5.41) is 3.19. The van der Waals surface area contributed by atoms with Crippen molar-refractivity contribution in [2.45, 2.75) is 18.9 Å². The Morgan fingerprint density at radius 3 is 2.56 bits per heavy atom. The monoisotopic (exact) mass is 266 g/mol. The van der Waals surface area contributed by atoms with E-state index >= 15 is 0 Å². The molecule has 0 saturated carbocycles. The number of hydrogen-bond donors (Lipinski definition) is 1. The van der Waals surface area contributed by atoms with Crippen LogP contribution in [0.15, 0.2) is 0 Å². The Kier molecular flexibility index (Phi) is 3.99. The SMILES string of the molecule is O=S1CCN(S(=O)(=O)CC2CCCN2)CC1. The van der Waals surface area contributed by atoms with E-state index in [4.69, 9.17) is 0 Å². The summed E-state index contributed by atoms with van der Waals surface area (Å²) in [5.41, 5.74) is 0. The van der Waals surface area contributed by atoms with Gasteiger partial charge < -0.3 is 5.32 Å². The van der Waals surface area contributed by atoms with Crippen LogP contribution in [-0.2, 0) is 20.8 Å². The van der Waals surface area contributed by atoms with Gasteiger partial charge in [0, 0.05) is 41.4 Å². The Hall–Kier alpha value is 0.0200. The molecule has 5 nitrogen and oxygen atoms in total. The molecule has 16 heavy (non-hydrogen) atoms. The Morgan fingerprint density at radius 2 is 2.00 bits per heavy atom. The maximum absolute atomic E-state index is 12.0. The summed E-state index contributed by atoms with van der Waals surface area (Å²) in [7, 11) is -3.98. The molecule has 0 radical (unpaired) electrons. The highest BCUT2D eigenvalue weighted by Gasteiger charge is 2.29. The molecule has 0 aromatic rings. The Bertz CT molecular complexity index is 353. The van der Waals surface area contributed by atoms with E-state index in [1.807, 2.05) is 0 Å². The predicted molar refractivity (Wildman–Crippen MR) is 64.3 cm³/mol. The van der Waals surface area contributed by atoms with Gasteiger partial charge in [-0.2, -0.15) is 0 Å². The lowest BCUT2D eigenvalue weighted by atomic mass is 10.3. The van der Waals surface area contributed by atoms with Gasteiger partial charge in [0.15, 0.2) is 0 Å². The van der Waals surface area contributed by atoms with Crippen LogP contribution in [0.5, 0.6) is 0 Å². The van der Waals surface area contributed by atoms with E-state index in [0.29, 0.717) is 24.6 Å². The molecule has 0 spiro atoms. The van der Waals surface area contributed by atoms with Gasteiger partial charge in [0.2, 0.25) is 10.0 Å². The van der Waals surface area contributed by atoms with E-state index in [2.05, 4.69) is 5.32 Å². The molecule has 0 aromatic heterocycles. The van der Waals surface area contributed by atoms with E-state index in [9.17, 15) is 12.6 Å². The summed E-state index contributed by atoms with van der Waals surface area (Å²) in [6.45, 7) is 1.76. The van der Waals surface area contributed by atoms with Gasteiger partial charge >= 0.3 is 0 Å². The fraction of sp³-hybridized carbons (Fsp3) is 1.00. The first kappa shape index (κ1) is 12.5. The molecule has 0 aromatic carbocycles. The Labute approximate surface area is 99.1 Å². The molecule has 2 rings (SSSR count). The molecule has 2 aliphatic rings. The van der Waals surface area contributed by atoms with Gasteiger partial charge in [0.25, 0.3) is 0 Å². The highest BCUT2D eigenvalue weighted by Crippen LogP contribution is 2.13. The number of nitrogens with zero attached hydrogens (tertiary/aromatic N) is 1. The van der Waals surface area contributed by atoms with Crippen molar-refractivity contribution in [2.75, 3.05) is 36.9 Å². The average Bonchev–Trinajstić information content (AvgIpc) is 2.70. The molecule has 1 N–H and O–H groups in total. The van der Waals surface area contributed by atoms with Crippen LogP contribution in [0.1, 0.15) is 12.8 Å².